The van der Waals surface area contributed by atoms with Gasteiger partial charge in [0.15, 0.2) is 0 Å². The predicted octanol–water partition coefficient (Wildman–Crippen LogP) is 1.94. The zero-order valence-corrected chi connectivity index (χ0v) is 13.7. The van der Waals surface area contributed by atoms with E-state index in [-0.39, 0.29) is 18.0 Å². The number of hydrogen-bond donors (Lipinski definition) is 1. The van der Waals surface area contributed by atoms with Gasteiger partial charge in [-0.05, 0) is 25.0 Å². The van der Waals surface area contributed by atoms with Crippen molar-refractivity contribution in [2.75, 3.05) is 31.1 Å². The van der Waals surface area contributed by atoms with E-state index in [0.29, 0.717) is 26.2 Å². The molecule has 1 saturated heterocycles. The molecule has 1 aromatic rings. The average Bonchev–Trinajstić information content (AvgIpc) is 3.01. The molecule has 1 aliphatic carbocycles. The topological polar surface area (TPSA) is 86.9 Å². The highest BCUT2D eigenvalue weighted by molar-refractivity contribution is 5.77. The second kappa shape index (κ2) is 6.76. The maximum Gasteiger partial charge on any atom is 0.269 e. The largest absolute Gasteiger partial charge is 0.389 e. The number of non-ortho nitro benzene ring substituents is 1. The monoisotopic (exact) mass is 333 g/mol. The Morgan fingerprint density at radius 2 is 1.71 bits per heavy atom. The molecule has 0 bridgehead atoms. The van der Waals surface area contributed by atoms with Crippen molar-refractivity contribution in [3.8, 4) is 0 Å². The Hall–Kier alpha value is -2.15. The standard InChI is InChI=1S/C17H23N3O4/c21-16(13-17(22)7-1-2-8-17)19-11-9-18(10-12-19)14-3-5-15(6-4-14)20(23)24/h3-6,22H,1-2,7-13H2. The first-order valence-electron chi connectivity index (χ1n) is 8.46. The Bertz CT molecular complexity index is 603. The maximum atomic E-state index is 12.4. The molecule has 24 heavy (non-hydrogen) atoms. The summed E-state index contributed by atoms with van der Waals surface area (Å²) in [6, 6.07) is 6.50. The molecule has 0 spiro atoms. The summed E-state index contributed by atoms with van der Waals surface area (Å²) in [5.41, 5.74) is 0.214. The van der Waals surface area contributed by atoms with E-state index in [1.165, 1.54) is 12.1 Å². The summed E-state index contributed by atoms with van der Waals surface area (Å²) >= 11 is 0. The van der Waals surface area contributed by atoms with Gasteiger partial charge in [-0.2, -0.15) is 0 Å². The Morgan fingerprint density at radius 3 is 2.25 bits per heavy atom. The number of hydrogen-bond acceptors (Lipinski definition) is 5. The summed E-state index contributed by atoms with van der Waals surface area (Å²) in [6.45, 7) is 2.63. The summed E-state index contributed by atoms with van der Waals surface area (Å²) in [4.78, 5) is 26.6. The van der Waals surface area contributed by atoms with Crippen LogP contribution in [0.3, 0.4) is 0 Å². The molecular formula is C17H23N3O4. The summed E-state index contributed by atoms with van der Waals surface area (Å²) in [6.07, 6.45) is 3.67. The van der Waals surface area contributed by atoms with E-state index in [4.69, 9.17) is 0 Å². The van der Waals surface area contributed by atoms with Crippen LogP contribution in [0.25, 0.3) is 0 Å². The zero-order chi connectivity index (χ0) is 17.2. The number of anilines is 1. The lowest BCUT2D eigenvalue weighted by atomic mass is 9.97. The molecule has 1 saturated carbocycles. The number of rotatable bonds is 4. The van der Waals surface area contributed by atoms with Crippen molar-refractivity contribution in [3.63, 3.8) is 0 Å². The predicted molar refractivity (Wildman–Crippen MR) is 89.9 cm³/mol. The van der Waals surface area contributed by atoms with Crippen LogP contribution in [0.1, 0.15) is 32.1 Å². The quantitative estimate of drug-likeness (QED) is 0.672. The van der Waals surface area contributed by atoms with Crippen LogP contribution in [0.5, 0.6) is 0 Å². The number of benzene rings is 1. The SMILES string of the molecule is O=C(CC1(O)CCCC1)N1CCN(c2ccc([N+](=O)[O-])cc2)CC1. The van der Waals surface area contributed by atoms with E-state index in [1.54, 1.807) is 12.1 Å². The van der Waals surface area contributed by atoms with Gasteiger partial charge in [0.2, 0.25) is 5.91 Å². The summed E-state index contributed by atoms with van der Waals surface area (Å²) in [7, 11) is 0. The van der Waals surface area contributed by atoms with Gasteiger partial charge in [0.25, 0.3) is 5.69 Å². The van der Waals surface area contributed by atoms with Gasteiger partial charge in [-0.1, -0.05) is 12.8 Å². The minimum atomic E-state index is -0.799. The lowest BCUT2D eigenvalue weighted by Gasteiger charge is -2.37. The van der Waals surface area contributed by atoms with Gasteiger partial charge in [0.05, 0.1) is 16.9 Å². The molecule has 130 valence electrons. The van der Waals surface area contributed by atoms with Crippen molar-refractivity contribution in [1.29, 1.82) is 0 Å². The van der Waals surface area contributed by atoms with Crippen LogP contribution in [0, 0.1) is 10.1 Å². The van der Waals surface area contributed by atoms with E-state index in [0.717, 1.165) is 31.4 Å². The smallest absolute Gasteiger partial charge is 0.269 e. The van der Waals surface area contributed by atoms with Crippen LogP contribution >= 0.6 is 0 Å². The Morgan fingerprint density at radius 1 is 1.12 bits per heavy atom. The lowest BCUT2D eigenvalue weighted by molar-refractivity contribution is -0.384. The van der Waals surface area contributed by atoms with Crippen molar-refractivity contribution in [3.05, 3.63) is 34.4 Å². The van der Waals surface area contributed by atoms with Crippen molar-refractivity contribution in [1.82, 2.24) is 4.90 Å². The van der Waals surface area contributed by atoms with E-state index < -0.39 is 10.5 Å². The molecule has 2 fully saturated rings. The van der Waals surface area contributed by atoms with Crippen LogP contribution in [0.2, 0.25) is 0 Å². The number of amides is 1. The molecule has 0 unspecified atom stereocenters. The third-order valence-corrected chi connectivity index (χ3v) is 5.07. The highest BCUT2D eigenvalue weighted by atomic mass is 16.6. The Labute approximate surface area is 141 Å². The van der Waals surface area contributed by atoms with Crippen LogP contribution in [0.15, 0.2) is 24.3 Å². The minimum Gasteiger partial charge on any atom is -0.389 e. The molecule has 0 radical (unpaired) electrons. The second-order valence-electron chi connectivity index (χ2n) is 6.75. The third kappa shape index (κ3) is 3.67. The van der Waals surface area contributed by atoms with Gasteiger partial charge < -0.3 is 14.9 Å². The van der Waals surface area contributed by atoms with Crippen LogP contribution in [0.4, 0.5) is 11.4 Å². The lowest BCUT2D eigenvalue weighted by Crippen LogP contribution is -2.50. The fourth-order valence-corrected chi connectivity index (χ4v) is 3.60. The van der Waals surface area contributed by atoms with Crippen LogP contribution in [-0.2, 0) is 4.79 Å². The number of nitro benzene ring substituents is 1. The molecule has 0 atom stereocenters. The molecule has 1 aliphatic heterocycles. The van der Waals surface area contributed by atoms with E-state index in [2.05, 4.69) is 4.90 Å². The minimum absolute atomic E-state index is 0.0303. The van der Waals surface area contributed by atoms with E-state index >= 15 is 0 Å². The molecule has 2 aliphatic rings. The third-order valence-electron chi connectivity index (χ3n) is 5.07. The van der Waals surface area contributed by atoms with Gasteiger partial charge in [-0.25, -0.2) is 0 Å². The van der Waals surface area contributed by atoms with Gasteiger partial charge in [-0.3, -0.25) is 14.9 Å². The number of carbonyl (C=O) groups is 1. The number of piperazine rings is 1. The van der Waals surface area contributed by atoms with E-state index in [1.807, 2.05) is 4.90 Å². The van der Waals surface area contributed by atoms with Crippen molar-refractivity contribution in [2.24, 2.45) is 0 Å². The fraction of sp³-hybridized carbons (Fsp3) is 0.588. The highest BCUT2D eigenvalue weighted by Crippen LogP contribution is 2.33. The second-order valence-corrected chi connectivity index (χ2v) is 6.75. The maximum absolute atomic E-state index is 12.4. The molecule has 1 N–H and O–H groups in total. The molecule has 0 aromatic heterocycles. The number of aliphatic hydroxyl groups is 1. The molecule has 7 heteroatoms. The van der Waals surface area contributed by atoms with Gasteiger partial charge >= 0.3 is 0 Å². The number of nitrogens with zero attached hydrogens (tertiary/aromatic N) is 3. The molecule has 1 heterocycles. The van der Waals surface area contributed by atoms with Crippen molar-refractivity contribution in [2.45, 2.75) is 37.7 Å². The average molecular weight is 333 g/mol. The van der Waals surface area contributed by atoms with Crippen molar-refractivity contribution >= 4 is 17.3 Å². The van der Waals surface area contributed by atoms with E-state index in [9.17, 15) is 20.0 Å². The molecule has 3 rings (SSSR count). The molecule has 1 amide bonds. The van der Waals surface area contributed by atoms with Gasteiger partial charge in [0, 0.05) is 44.0 Å². The van der Waals surface area contributed by atoms with Crippen LogP contribution in [-0.4, -0.2) is 52.6 Å². The summed E-state index contributed by atoms with van der Waals surface area (Å²) in [5.74, 6) is 0.0303. The van der Waals surface area contributed by atoms with Gasteiger partial charge in [-0.15, -0.1) is 0 Å². The Kier molecular flexibility index (Phi) is 4.71. The molecular weight excluding hydrogens is 310 g/mol. The van der Waals surface area contributed by atoms with Crippen LogP contribution < -0.4 is 4.90 Å². The van der Waals surface area contributed by atoms with Crippen molar-refractivity contribution < 1.29 is 14.8 Å². The normalized spacial score (nSPS) is 20.2. The fourth-order valence-electron chi connectivity index (χ4n) is 3.60. The Balaban J connectivity index is 1.53. The number of carbonyl (C=O) groups excluding carboxylic acids is 1. The first-order chi connectivity index (χ1) is 11.5. The molecule has 1 aromatic carbocycles. The zero-order valence-electron chi connectivity index (χ0n) is 13.7. The van der Waals surface area contributed by atoms with Gasteiger partial charge in [0.1, 0.15) is 0 Å². The number of nitro groups is 1. The summed E-state index contributed by atoms with van der Waals surface area (Å²) in [5, 5.41) is 21.1. The molecule has 7 nitrogen and oxygen atoms in total. The highest BCUT2D eigenvalue weighted by Gasteiger charge is 2.35. The summed E-state index contributed by atoms with van der Waals surface area (Å²) < 4.78 is 0. The first-order valence-corrected chi connectivity index (χ1v) is 8.46. The first kappa shape index (κ1) is 16.7.